The maximum Gasteiger partial charge on any atom is 0.258 e. The molecule has 2 heterocycles. The van der Waals surface area contributed by atoms with Gasteiger partial charge in [0.1, 0.15) is 0 Å². The van der Waals surface area contributed by atoms with E-state index >= 15 is 0 Å². The van der Waals surface area contributed by atoms with Crippen molar-refractivity contribution in [2.45, 2.75) is 6.54 Å². The van der Waals surface area contributed by atoms with Crippen LogP contribution in [0.3, 0.4) is 0 Å². The Hall–Kier alpha value is -2.64. The molecule has 0 aliphatic carbocycles. The van der Waals surface area contributed by atoms with Crippen LogP contribution in [-0.4, -0.2) is 65.2 Å². The smallest absolute Gasteiger partial charge is 0.258 e. The molecule has 2 aromatic rings. The van der Waals surface area contributed by atoms with Crippen LogP contribution in [-0.2, 0) is 20.8 Å². The highest BCUT2D eigenvalue weighted by Crippen LogP contribution is 2.31. The van der Waals surface area contributed by atoms with Gasteiger partial charge in [0.25, 0.3) is 5.91 Å². The van der Waals surface area contributed by atoms with Crippen molar-refractivity contribution < 1.29 is 18.7 Å². The van der Waals surface area contributed by atoms with E-state index in [9.17, 15) is 9.18 Å². The highest BCUT2D eigenvalue weighted by Gasteiger charge is 2.23. The molecule has 30 heavy (non-hydrogen) atoms. The van der Waals surface area contributed by atoms with Gasteiger partial charge in [-0.1, -0.05) is 24.3 Å². The number of nitrogens with zero attached hydrogens (tertiary/aromatic N) is 3. The quantitative estimate of drug-likeness (QED) is 0.729. The van der Waals surface area contributed by atoms with E-state index in [4.69, 9.17) is 9.47 Å². The number of para-hydroxylation sites is 2. The third-order valence-electron chi connectivity index (χ3n) is 5.59. The summed E-state index contributed by atoms with van der Waals surface area (Å²) in [4.78, 5) is 18.6. The number of anilines is 3. The van der Waals surface area contributed by atoms with E-state index in [2.05, 4.69) is 21.9 Å². The summed E-state index contributed by atoms with van der Waals surface area (Å²) in [5, 5.41) is 0. The highest BCUT2D eigenvalue weighted by molar-refractivity contribution is 5.97. The minimum atomic E-state index is -1.02. The second kappa shape index (κ2) is 9.91. The van der Waals surface area contributed by atoms with Crippen molar-refractivity contribution >= 4 is 23.0 Å². The summed E-state index contributed by atoms with van der Waals surface area (Å²) in [6.45, 7) is 5.32. The Balaban J connectivity index is 1.56. The summed E-state index contributed by atoms with van der Waals surface area (Å²) in [6, 6.07) is 15.9. The number of carbonyl (C=O) groups is 1. The van der Waals surface area contributed by atoms with E-state index in [0.717, 1.165) is 62.0 Å². The van der Waals surface area contributed by atoms with Crippen molar-refractivity contribution in [1.82, 2.24) is 0 Å². The predicted molar refractivity (Wildman–Crippen MR) is 116 cm³/mol. The zero-order chi connectivity index (χ0) is 20.8. The van der Waals surface area contributed by atoms with E-state index in [1.54, 1.807) is 4.90 Å². The Labute approximate surface area is 176 Å². The normalized spacial score (nSPS) is 17.1. The van der Waals surface area contributed by atoms with Crippen LogP contribution in [0.2, 0.25) is 0 Å². The first-order chi connectivity index (χ1) is 14.8. The molecule has 2 saturated heterocycles. The summed E-state index contributed by atoms with van der Waals surface area (Å²) in [6.07, 6.45) is 0. The summed E-state index contributed by atoms with van der Waals surface area (Å²) >= 11 is 0. The van der Waals surface area contributed by atoms with Crippen molar-refractivity contribution in [3.05, 3.63) is 54.1 Å². The van der Waals surface area contributed by atoms with Gasteiger partial charge in [0.2, 0.25) is 0 Å². The summed E-state index contributed by atoms with van der Waals surface area (Å²) in [7, 11) is 0. The van der Waals surface area contributed by atoms with Gasteiger partial charge < -0.3 is 24.2 Å². The van der Waals surface area contributed by atoms with Gasteiger partial charge in [0.05, 0.1) is 44.3 Å². The first kappa shape index (κ1) is 20.6. The van der Waals surface area contributed by atoms with Gasteiger partial charge in [-0.2, -0.15) is 0 Å². The molecule has 0 unspecified atom stereocenters. The van der Waals surface area contributed by atoms with Gasteiger partial charge >= 0.3 is 0 Å². The fourth-order valence-electron chi connectivity index (χ4n) is 3.96. The molecule has 7 heteroatoms. The Morgan fingerprint density at radius 2 is 1.47 bits per heavy atom. The molecular weight excluding hydrogens is 385 g/mol. The van der Waals surface area contributed by atoms with Gasteiger partial charge in [-0.3, -0.25) is 4.79 Å². The molecule has 6 nitrogen and oxygen atoms in total. The Morgan fingerprint density at radius 3 is 2.10 bits per heavy atom. The number of amides is 1. The van der Waals surface area contributed by atoms with Crippen molar-refractivity contribution in [3.63, 3.8) is 0 Å². The summed E-state index contributed by atoms with van der Waals surface area (Å²) < 4.78 is 24.3. The van der Waals surface area contributed by atoms with Crippen LogP contribution in [0.15, 0.2) is 48.5 Å². The van der Waals surface area contributed by atoms with Crippen LogP contribution in [0, 0.1) is 0 Å². The minimum Gasteiger partial charge on any atom is -0.378 e. The molecule has 2 fully saturated rings. The molecule has 0 aromatic heterocycles. The average molecular weight is 413 g/mol. The van der Waals surface area contributed by atoms with Gasteiger partial charge in [-0.25, -0.2) is 4.39 Å². The van der Waals surface area contributed by atoms with Crippen LogP contribution in [0.1, 0.15) is 5.56 Å². The van der Waals surface area contributed by atoms with Crippen LogP contribution in [0.25, 0.3) is 0 Å². The van der Waals surface area contributed by atoms with Crippen LogP contribution < -0.4 is 14.7 Å². The molecule has 1 amide bonds. The van der Waals surface area contributed by atoms with Crippen LogP contribution >= 0.6 is 0 Å². The first-order valence-electron chi connectivity index (χ1n) is 10.5. The van der Waals surface area contributed by atoms with Crippen LogP contribution in [0.5, 0.6) is 0 Å². The molecule has 0 bridgehead atoms. The predicted octanol–water partition coefficient (Wildman–Crippen LogP) is 2.86. The Morgan fingerprint density at radius 1 is 0.867 bits per heavy atom. The molecule has 0 radical (unpaired) electrons. The van der Waals surface area contributed by atoms with Crippen molar-refractivity contribution in [1.29, 1.82) is 0 Å². The molecule has 2 aliphatic rings. The van der Waals surface area contributed by atoms with E-state index < -0.39 is 12.6 Å². The van der Waals surface area contributed by atoms with Gasteiger partial charge in [0, 0.05) is 31.9 Å². The number of rotatable bonds is 6. The number of morpholine rings is 2. The number of hydrogen-bond donors (Lipinski definition) is 0. The highest BCUT2D eigenvalue weighted by atomic mass is 19.1. The standard InChI is InChI=1S/C23H28FN3O3/c24-17-23(28)27(22-4-2-1-3-21(22)26-11-15-30-16-12-26)18-19-5-7-20(8-6-19)25-9-13-29-14-10-25/h1-8H,9-18H2. The number of carbonyl (C=O) groups excluding carboxylic acids is 1. The number of benzene rings is 2. The van der Waals surface area contributed by atoms with Gasteiger partial charge in [0.15, 0.2) is 6.67 Å². The number of hydrogen-bond acceptors (Lipinski definition) is 5. The molecule has 0 saturated carbocycles. The third-order valence-corrected chi connectivity index (χ3v) is 5.59. The molecule has 2 aromatic carbocycles. The molecule has 0 atom stereocenters. The van der Waals surface area contributed by atoms with Gasteiger partial charge in [-0.15, -0.1) is 0 Å². The lowest BCUT2D eigenvalue weighted by atomic mass is 10.1. The number of halogens is 1. The topological polar surface area (TPSA) is 45.2 Å². The van der Waals surface area contributed by atoms with E-state index in [1.807, 2.05) is 36.4 Å². The molecule has 0 N–H and O–H groups in total. The fourth-order valence-corrected chi connectivity index (χ4v) is 3.96. The maximum absolute atomic E-state index is 13.5. The lowest BCUT2D eigenvalue weighted by Crippen LogP contribution is -2.39. The van der Waals surface area contributed by atoms with Crippen molar-refractivity contribution in [2.24, 2.45) is 0 Å². The largest absolute Gasteiger partial charge is 0.378 e. The number of alkyl halides is 1. The van der Waals surface area contributed by atoms with E-state index in [0.29, 0.717) is 19.8 Å². The zero-order valence-electron chi connectivity index (χ0n) is 17.1. The second-order valence-electron chi connectivity index (χ2n) is 7.47. The summed E-state index contributed by atoms with van der Waals surface area (Å²) in [5.74, 6) is -0.534. The maximum atomic E-state index is 13.5. The second-order valence-corrected chi connectivity index (χ2v) is 7.47. The van der Waals surface area contributed by atoms with E-state index in [-0.39, 0.29) is 0 Å². The fraction of sp³-hybridized carbons (Fsp3) is 0.435. The lowest BCUT2D eigenvalue weighted by Gasteiger charge is -2.33. The van der Waals surface area contributed by atoms with Crippen molar-refractivity contribution in [3.8, 4) is 0 Å². The van der Waals surface area contributed by atoms with Crippen LogP contribution in [0.4, 0.5) is 21.5 Å². The first-order valence-corrected chi connectivity index (χ1v) is 10.5. The molecule has 4 rings (SSSR count). The van der Waals surface area contributed by atoms with Gasteiger partial charge in [-0.05, 0) is 29.8 Å². The molecule has 2 aliphatic heterocycles. The Bertz CT molecular complexity index is 834. The average Bonchev–Trinajstić information content (AvgIpc) is 2.83. The monoisotopic (exact) mass is 413 g/mol. The molecule has 0 spiro atoms. The van der Waals surface area contributed by atoms with Crippen molar-refractivity contribution in [2.75, 3.05) is 74.0 Å². The Kier molecular flexibility index (Phi) is 6.81. The lowest BCUT2D eigenvalue weighted by molar-refractivity contribution is -0.119. The number of ether oxygens (including phenoxy) is 2. The summed E-state index contributed by atoms with van der Waals surface area (Å²) in [5.41, 5.74) is 3.77. The third kappa shape index (κ3) is 4.74. The minimum absolute atomic E-state index is 0.327. The SMILES string of the molecule is O=C(CF)N(Cc1ccc(N2CCOCC2)cc1)c1ccccc1N1CCOCC1. The van der Waals surface area contributed by atoms with E-state index in [1.165, 1.54) is 0 Å². The molecule has 160 valence electrons. The molecular formula is C23H28FN3O3. The zero-order valence-corrected chi connectivity index (χ0v) is 17.1.